The van der Waals surface area contributed by atoms with Crippen LogP contribution in [0.4, 0.5) is 28.4 Å². The Morgan fingerprint density at radius 3 is 2.56 bits per heavy atom. The number of hydrogen-bond donors (Lipinski definition) is 3. The molecule has 1 saturated heterocycles. The van der Waals surface area contributed by atoms with E-state index in [0.717, 1.165) is 23.2 Å². The summed E-state index contributed by atoms with van der Waals surface area (Å²) in [6.45, 7) is 5.38. The molecule has 0 bridgehead atoms. The summed E-state index contributed by atoms with van der Waals surface area (Å²) in [7, 11) is 0. The number of fused-ring (bicyclic) bond motifs is 1. The molecule has 0 unspecified atom stereocenters. The van der Waals surface area contributed by atoms with Gasteiger partial charge in [0.15, 0.2) is 0 Å². The molecule has 36 heavy (non-hydrogen) atoms. The molecule has 2 atom stereocenters. The van der Waals surface area contributed by atoms with E-state index in [2.05, 4.69) is 20.6 Å². The van der Waals surface area contributed by atoms with E-state index >= 15 is 0 Å². The molecule has 3 amide bonds. The molecule has 2 heterocycles. The van der Waals surface area contributed by atoms with Gasteiger partial charge in [0.2, 0.25) is 0 Å². The third-order valence-corrected chi connectivity index (χ3v) is 5.85. The molecule has 4 rings (SSSR count). The van der Waals surface area contributed by atoms with E-state index in [-0.39, 0.29) is 12.2 Å². The maximum atomic E-state index is 13.1. The Hall–Kier alpha value is -3.47. The largest absolute Gasteiger partial charge is 0.444 e. The maximum absolute atomic E-state index is 13.1. The molecule has 2 aromatic carbocycles. The Labute approximate surface area is 210 Å². The molecule has 8 nitrogen and oxygen atoms in total. The van der Waals surface area contributed by atoms with Crippen LogP contribution >= 0.6 is 11.6 Å². The van der Waals surface area contributed by atoms with Crippen LogP contribution in [-0.2, 0) is 10.9 Å². The van der Waals surface area contributed by atoms with Crippen molar-refractivity contribution in [3.63, 3.8) is 0 Å². The average molecular weight is 524 g/mol. The lowest BCUT2D eigenvalue weighted by molar-refractivity contribution is -0.137. The lowest BCUT2D eigenvalue weighted by Crippen LogP contribution is -2.42. The van der Waals surface area contributed by atoms with E-state index in [0.29, 0.717) is 12.2 Å². The number of alkyl halides is 3. The normalized spacial score (nSPS) is 18.4. The zero-order valence-electron chi connectivity index (χ0n) is 19.7. The predicted molar refractivity (Wildman–Crippen MR) is 129 cm³/mol. The molecule has 3 aromatic rings. The Balaban J connectivity index is 1.51. The van der Waals surface area contributed by atoms with Gasteiger partial charge < -0.3 is 20.4 Å². The number of amides is 3. The summed E-state index contributed by atoms with van der Waals surface area (Å²) in [6.07, 6.45) is -4.91. The van der Waals surface area contributed by atoms with E-state index in [1.165, 1.54) is 11.0 Å². The third kappa shape index (κ3) is 5.84. The molecule has 1 fully saturated rings. The minimum atomic E-state index is -4.66. The van der Waals surface area contributed by atoms with Crippen molar-refractivity contribution in [2.75, 3.05) is 11.9 Å². The molecule has 1 aliphatic heterocycles. The fourth-order valence-corrected chi connectivity index (χ4v) is 4.25. The van der Waals surface area contributed by atoms with Gasteiger partial charge in [0, 0.05) is 12.2 Å². The third-order valence-electron chi connectivity index (χ3n) is 5.52. The number of carbonyl (C=O) groups excluding carboxylic acids is 2. The first-order valence-corrected chi connectivity index (χ1v) is 11.6. The van der Waals surface area contributed by atoms with Crippen molar-refractivity contribution >= 4 is 40.4 Å². The summed E-state index contributed by atoms with van der Waals surface area (Å²) >= 11 is 5.64. The first kappa shape index (κ1) is 25.6. The van der Waals surface area contributed by atoms with Crippen LogP contribution < -0.4 is 10.6 Å². The van der Waals surface area contributed by atoms with Crippen molar-refractivity contribution in [1.29, 1.82) is 0 Å². The predicted octanol–water partition coefficient (Wildman–Crippen LogP) is 6.11. The minimum absolute atomic E-state index is 0.0694. The molecule has 192 valence electrons. The number of anilines is 1. The van der Waals surface area contributed by atoms with Gasteiger partial charge in [-0.2, -0.15) is 13.2 Å². The summed E-state index contributed by atoms with van der Waals surface area (Å²) < 4.78 is 45.0. The SMILES string of the molecule is CC(C)(C)OC(=O)N1C[C@H](NC(=O)Nc2ccc(Cl)c(C(F)(F)F)c2)C[C@H]1c1nc2ccccc2[nH]1. The van der Waals surface area contributed by atoms with Crippen LogP contribution in [-0.4, -0.2) is 45.2 Å². The van der Waals surface area contributed by atoms with E-state index in [4.69, 9.17) is 16.3 Å². The monoisotopic (exact) mass is 523 g/mol. The van der Waals surface area contributed by atoms with Gasteiger partial charge in [0.1, 0.15) is 11.4 Å². The topological polar surface area (TPSA) is 99.3 Å². The van der Waals surface area contributed by atoms with Crippen LogP contribution in [0, 0.1) is 0 Å². The van der Waals surface area contributed by atoms with E-state index in [1.807, 2.05) is 24.3 Å². The number of H-pyrrole nitrogens is 1. The van der Waals surface area contributed by atoms with E-state index in [1.54, 1.807) is 20.8 Å². The molecular formula is C24H25ClF3N5O3. The minimum Gasteiger partial charge on any atom is -0.444 e. The number of rotatable bonds is 3. The summed E-state index contributed by atoms with van der Waals surface area (Å²) in [5, 5.41) is 4.66. The Morgan fingerprint density at radius 2 is 1.89 bits per heavy atom. The van der Waals surface area contributed by atoms with Crippen molar-refractivity contribution in [1.82, 2.24) is 20.2 Å². The van der Waals surface area contributed by atoms with Crippen molar-refractivity contribution < 1.29 is 27.5 Å². The molecule has 1 aliphatic rings. The zero-order chi connectivity index (χ0) is 26.3. The van der Waals surface area contributed by atoms with Crippen LogP contribution in [0.3, 0.4) is 0 Å². The number of hydrogen-bond acceptors (Lipinski definition) is 4. The molecule has 0 spiro atoms. The number of carbonyl (C=O) groups is 2. The number of aromatic nitrogens is 2. The number of halogens is 4. The second kappa shape index (κ2) is 9.53. The van der Waals surface area contributed by atoms with Crippen LogP contribution in [0.2, 0.25) is 5.02 Å². The van der Waals surface area contributed by atoms with Crippen LogP contribution in [0.25, 0.3) is 11.0 Å². The Kier molecular flexibility index (Phi) is 6.78. The second-order valence-corrected chi connectivity index (χ2v) is 9.92. The molecule has 12 heteroatoms. The highest BCUT2D eigenvalue weighted by molar-refractivity contribution is 6.31. The fraction of sp³-hybridized carbons (Fsp3) is 0.375. The summed E-state index contributed by atoms with van der Waals surface area (Å²) in [5.41, 5.74) is -0.324. The van der Waals surface area contributed by atoms with Crippen molar-refractivity contribution in [3.8, 4) is 0 Å². The Bertz CT molecular complexity index is 1250. The number of nitrogens with zero attached hydrogens (tertiary/aromatic N) is 2. The van der Waals surface area contributed by atoms with E-state index < -0.39 is 46.6 Å². The molecule has 0 aliphatic carbocycles. The first-order chi connectivity index (χ1) is 16.8. The number of nitrogens with one attached hydrogen (secondary N) is 3. The van der Waals surface area contributed by atoms with Crippen LogP contribution in [0.15, 0.2) is 42.5 Å². The lowest BCUT2D eigenvalue weighted by atomic mass is 10.1. The molecule has 0 saturated carbocycles. The van der Waals surface area contributed by atoms with Crippen molar-refractivity contribution in [3.05, 3.63) is 58.9 Å². The number of para-hydroxylation sites is 2. The first-order valence-electron chi connectivity index (χ1n) is 11.2. The smallest absolute Gasteiger partial charge is 0.417 e. The van der Waals surface area contributed by atoms with Gasteiger partial charge in [-0.1, -0.05) is 23.7 Å². The van der Waals surface area contributed by atoms with Crippen molar-refractivity contribution in [2.24, 2.45) is 0 Å². The molecule has 0 radical (unpaired) electrons. The summed E-state index contributed by atoms with van der Waals surface area (Å²) in [6, 6.07) is 8.78. The molecular weight excluding hydrogens is 499 g/mol. The highest BCUT2D eigenvalue weighted by atomic mass is 35.5. The number of likely N-dealkylation sites (tertiary alicyclic amines) is 1. The van der Waals surface area contributed by atoms with Crippen LogP contribution in [0.1, 0.15) is 44.6 Å². The number of aromatic amines is 1. The van der Waals surface area contributed by atoms with Crippen molar-refractivity contribution in [2.45, 2.75) is 51.1 Å². The number of imidazole rings is 1. The van der Waals surface area contributed by atoms with Gasteiger partial charge in [-0.3, -0.25) is 4.90 Å². The quantitative estimate of drug-likeness (QED) is 0.386. The summed E-state index contributed by atoms with van der Waals surface area (Å²) in [5.74, 6) is 0.541. The van der Waals surface area contributed by atoms with E-state index in [9.17, 15) is 22.8 Å². The Morgan fingerprint density at radius 1 is 1.17 bits per heavy atom. The fourth-order valence-electron chi connectivity index (χ4n) is 4.03. The molecule has 3 N–H and O–H groups in total. The van der Waals surface area contributed by atoms with Gasteiger partial charge in [-0.05, 0) is 57.5 Å². The van der Waals surface area contributed by atoms with Gasteiger partial charge >= 0.3 is 18.3 Å². The van der Waals surface area contributed by atoms with Gasteiger partial charge in [-0.25, -0.2) is 14.6 Å². The summed E-state index contributed by atoms with van der Waals surface area (Å²) in [4.78, 5) is 34.9. The maximum Gasteiger partial charge on any atom is 0.417 e. The molecule has 1 aromatic heterocycles. The highest BCUT2D eigenvalue weighted by Gasteiger charge is 2.41. The average Bonchev–Trinajstić information content (AvgIpc) is 3.37. The number of ether oxygens (including phenoxy) is 1. The van der Waals surface area contributed by atoms with Gasteiger partial charge in [-0.15, -0.1) is 0 Å². The number of urea groups is 1. The lowest BCUT2D eigenvalue weighted by Gasteiger charge is -2.27. The number of benzene rings is 2. The van der Waals surface area contributed by atoms with Crippen LogP contribution in [0.5, 0.6) is 0 Å². The zero-order valence-corrected chi connectivity index (χ0v) is 20.5. The second-order valence-electron chi connectivity index (χ2n) is 9.51. The van der Waals surface area contributed by atoms with Gasteiger partial charge in [0.25, 0.3) is 0 Å². The van der Waals surface area contributed by atoms with Gasteiger partial charge in [0.05, 0.1) is 33.7 Å². The highest BCUT2D eigenvalue weighted by Crippen LogP contribution is 2.36. The standard InChI is InChI=1S/C24H25ClF3N5O3/c1-23(2,3)36-22(35)33-12-14(11-19(33)20-31-17-6-4-5-7-18(17)32-20)30-21(34)29-13-8-9-16(25)15(10-13)24(26,27)28/h4-10,14,19H,11-12H2,1-3H3,(H,31,32)(H2,29,30,34)/t14-,19+/m1/s1.